The fourth-order valence-corrected chi connectivity index (χ4v) is 5.44. The summed E-state index contributed by atoms with van der Waals surface area (Å²) < 4.78 is 46.2. The van der Waals surface area contributed by atoms with E-state index < -0.39 is 17.6 Å². The number of carbonyl (C=O) groups is 2. The molecule has 238 valence electrons. The lowest BCUT2D eigenvalue weighted by molar-refractivity contribution is -0.137. The van der Waals surface area contributed by atoms with E-state index in [4.69, 9.17) is 10.00 Å². The van der Waals surface area contributed by atoms with E-state index in [1.807, 2.05) is 59.0 Å². The number of carbonyl (C=O) groups excluding carboxylic acids is 2. The van der Waals surface area contributed by atoms with Crippen LogP contribution in [0.3, 0.4) is 0 Å². The van der Waals surface area contributed by atoms with Gasteiger partial charge < -0.3 is 19.5 Å². The monoisotopic (exact) mass is 638 g/mol. The number of nitriles is 1. The third-order valence-corrected chi connectivity index (χ3v) is 8.08. The van der Waals surface area contributed by atoms with Crippen molar-refractivity contribution < 1.29 is 27.5 Å². The van der Waals surface area contributed by atoms with Crippen LogP contribution in [0.5, 0.6) is 11.6 Å². The second-order valence-corrected chi connectivity index (χ2v) is 11.2. The number of anilines is 1. The van der Waals surface area contributed by atoms with Crippen molar-refractivity contribution in [3.8, 4) is 17.7 Å². The van der Waals surface area contributed by atoms with E-state index >= 15 is 0 Å². The Morgan fingerprint density at radius 2 is 1.66 bits per heavy atom. The van der Waals surface area contributed by atoms with Crippen LogP contribution in [0.15, 0.2) is 91.1 Å². The zero-order chi connectivity index (χ0) is 33.1. The van der Waals surface area contributed by atoms with Crippen LogP contribution < -0.4 is 10.1 Å². The Bertz CT molecular complexity index is 1960. The number of ether oxygens (including phenoxy) is 1. The minimum atomic E-state index is -4.48. The van der Waals surface area contributed by atoms with Gasteiger partial charge in [0.25, 0.3) is 11.8 Å². The van der Waals surface area contributed by atoms with Crippen molar-refractivity contribution >= 4 is 28.4 Å². The molecule has 0 saturated carbocycles. The third-order valence-electron chi connectivity index (χ3n) is 8.08. The Hall–Kier alpha value is -5.67. The molecule has 3 heterocycles. The van der Waals surface area contributed by atoms with E-state index in [0.717, 1.165) is 60.4 Å². The van der Waals surface area contributed by atoms with Gasteiger partial charge in [-0.1, -0.05) is 12.1 Å². The van der Waals surface area contributed by atoms with Crippen LogP contribution in [-0.2, 0) is 19.8 Å². The number of aromatic nitrogens is 2. The van der Waals surface area contributed by atoms with Crippen molar-refractivity contribution in [2.45, 2.75) is 12.7 Å². The van der Waals surface area contributed by atoms with Crippen molar-refractivity contribution in [2.75, 3.05) is 31.5 Å². The standard InChI is InChI=1S/C35H29F3N6O3/c1-42-30-19-29(47-32-13-11-28(21-40-32)41-33(45)25-6-9-27(10-7-25)35(36,37)38)12-8-26(30)18-31(42)34(46)44-16-14-43(15-17-44)22-24-4-2-23(20-39)3-5-24/h2-13,18-19,21H,14-17,22H2,1H3,(H,41,45). The maximum Gasteiger partial charge on any atom is 0.416 e. The van der Waals surface area contributed by atoms with E-state index in [2.05, 4.69) is 21.3 Å². The first-order chi connectivity index (χ1) is 22.6. The van der Waals surface area contributed by atoms with Crippen LogP contribution >= 0.6 is 0 Å². The number of rotatable bonds is 7. The molecule has 1 N–H and O–H groups in total. The van der Waals surface area contributed by atoms with Gasteiger partial charge in [-0.25, -0.2) is 4.98 Å². The maximum absolute atomic E-state index is 13.5. The van der Waals surface area contributed by atoms with Gasteiger partial charge in [-0.05, 0) is 66.2 Å². The molecule has 0 aliphatic carbocycles. The van der Waals surface area contributed by atoms with Crippen molar-refractivity contribution in [1.82, 2.24) is 19.4 Å². The topological polar surface area (TPSA) is 103 Å². The molecule has 1 aliphatic heterocycles. The molecule has 0 spiro atoms. The molecule has 3 aromatic carbocycles. The Labute approximate surface area is 268 Å². The van der Waals surface area contributed by atoms with Gasteiger partial charge in [0.05, 0.1) is 34.6 Å². The van der Waals surface area contributed by atoms with Crippen LogP contribution in [0.25, 0.3) is 10.9 Å². The van der Waals surface area contributed by atoms with E-state index in [1.54, 1.807) is 18.2 Å². The lowest BCUT2D eigenvalue weighted by Gasteiger charge is -2.34. The minimum absolute atomic E-state index is 0.0419. The highest BCUT2D eigenvalue weighted by molar-refractivity contribution is 6.04. The number of halogens is 3. The molecule has 6 rings (SSSR count). The molecule has 1 fully saturated rings. The molecule has 9 nitrogen and oxygen atoms in total. The Morgan fingerprint density at radius 3 is 2.30 bits per heavy atom. The molecular weight excluding hydrogens is 609 g/mol. The second-order valence-electron chi connectivity index (χ2n) is 11.2. The largest absolute Gasteiger partial charge is 0.439 e. The summed E-state index contributed by atoms with van der Waals surface area (Å²) in [5.74, 6) is 0.155. The molecule has 47 heavy (non-hydrogen) atoms. The van der Waals surface area contributed by atoms with Gasteiger partial charge in [-0.15, -0.1) is 0 Å². The van der Waals surface area contributed by atoms with E-state index in [-0.39, 0.29) is 17.4 Å². The third kappa shape index (κ3) is 7.10. The number of aryl methyl sites for hydroxylation is 1. The Balaban J connectivity index is 1.06. The van der Waals surface area contributed by atoms with E-state index in [1.165, 1.54) is 6.20 Å². The molecule has 0 unspecified atom stereocenters. The summed E-state index contributed by atoms with van der Waals surface area (Å²) in [5.41, 5.74) is 2.74. The average Bonchev–Trinajstić information content (AvgIpc) is 3.41. The maximum atomic E-state index is 13.5. The minimum Gasteiger partial charge on any atom is -0.439 e. The van der Waals surface area contributed by atoms with Crippen LogP contribution in [0, 0.1) is 11.3 Å². The number of amides is 2. The number of nitrogens with one attached hydrogen (secondary N) is 1. The zero-order valence-corrected chi connectivity index (χ0v) is 25.3. The Morgan fingerprint density at radius 1 is 0.936 bits per heavy atom. The van der Waals surface area contributed by atoms with Gasteiger partial charge in [0.1, 0.15) is 11.4 Å². The summed E-state index contributed by atoms with van der Waals surface area (Å²) in [6, 6.07) is 24.1. The highest BCUT2D eigenvalue weighted by Crippen LogP contribution is 2.30. The first-order valence-corrected chi connectivity index (χ1v) is 14.8. The lowest BCUT2D eigenvalue weighted by Crippen LogP contribution is -2.48. The number of piperazine rings is 1. The predicted molar refractivity (Wildman–Crippen MR) is 169 cm³/mol. The highest BCUT2D eigenvalue weighted by atomic mass is 19.4. The van der Waals surface area contributed by atoms with Gasteiger partial charge in [-0.2, -0.15) is 18.4 Å². The second kappa shape index (κ2) is 13.0. The molecule has 0 atom stereocenters. The molecule has 0 radical (unpaired) electrons. The van der Waals surface area contributed by atoms with Crippen molar-refractivity contribution in [2.24, 2.45) is 7.05 Å². The van der Waals surface area contributed by atoms with E-state index in [9.17, 15) is 22.8 Å². The molecule has 2 amide bonds. The summed E-state index contributed by atoms with van der Waals surface area (Å²) in [4.78, 5) is 34.4. The number of hydrogen-bond donors (Lipinski definition) is 1. The summed E-state index contributed by atoms with van der Waals surface area (Å²) in [6.07, 6.45) is -3.09. The van der Waals surface area contributed by atoms with Gasteiger partial charge in [-0.3, -0.25) is 14.5 Å². The fraction of sp³-hybridized carbons (Fsp3) is 0.200. The molecule has 1 saturated heterocycles. The molecular formula is C35H29F3N6O3. The first-order valence-electron chi connectivity index (χ1n) is 14.8. The van der Waals surface area contributed by atoms with Crippen molar-refractivity contribution in [1.29, 1.82) is 5.26 Å². The number of hydrogen-bond acceptors (Lipinski definition) is 6. The summed E-state index contributed by atoms with van der Waals surface area (Å²) in [7, 11) is 1.84. The highest BCUT2D eigenvalue weighted by Gasteiger charge is 2.30. The van der Waals surface area contributed by atoms with Crippen molar-refractivity contribution in [3.63, 3.8) is 0 Å². The van der Waals surface area contributed by atoms with Gasteiger partial charge in [0, 0.05) is 62.9 Å². The van der Waals surface area contributed by atoms with Crippen LogP contribution in [0.4, 0.5) is 18.9 Å². The fourth-order valence-electron chi connectivity index (χ4n) is 5.44. The normalized spacial score (nSPS) is 13.7. The summed E-state index contributed by atoms with van der Waals surface area (Å²) >= 11 is 0. The van der Waals surface area contributed by atoms with Crippen LogP contribution in [0.1, 0.15) is 37.5 Å². The summed E-state index contributed by atoms with van der Waals surface area (Å²) in [6.45, 7) is 3.48. The number of alkyl halides is 3. The number of pyridine rings is 1. The number of fused-ring (bicyclic) bond motifs is 1. The lowest BCUT2D eigenvalue weighted by atomic mass is 10.1. The van der Waals surface area contributed by atoms with Gasteiger partial charge >= 0.3 is 6.18 Å². The van der Waals surface area contributed by atoms with E-state index in [0.29, 0.717) is 35.8 Å². The SMILES string of the molecule is Cn1c(C(=O)N2CCN(Cc3ccc(C#N)cc3)CC2)cc2ccc(Oc3ccc(NC(=O)c4ccc(C(F)(F)F)cc4)cn3)cc21. The first kappa shape index (κ1) is 31.3. The number of nitrogens with zero attached hydrogens (tertiary/aromatic N) is 5. The van der Waals surface area contributed by atoms with Crippen molar-refractivity contribution in [3.05, 3.63) is 119 Å². The predicted octanol–water partition coefficient (Wildman–Crippen LogP) is 6.47. The van der Waals surface area contributed by atoms with Gasteiger partial charge in [0.2, 0.25) is 5.88 Å². The molecule has 12 heteroatoms. The van der Waals surface area contributed by atoms with Gasteiger partial charge in [0.15, 0.2) is 0 Å². The molecule has 5 aromatic rings. The smallest absolute Gasteiger partial charge is 0.416 e. The number of benzene rings is 3. The average molecular weight is 639 g/mol. The Kier molecular flexibility index (Phi) is 8.65. The van der Waals surface area contributed by atoms with Crippen LogP contribution in [-0.4, -0.2) is 57.3 Å². The molecule has 1 aliphatic rings. The molecule has 2 aromatic heterocycles. The van der Waals surface area contributed by atoms with Crippen LogP contribution in [0.2, 0.25) is 0 Å². The quantitative estimate of drug-likeness (QED) is 0.219. The molecule has 0 bridgehead atoms. The zero-order valence-electron chi connectivity index (χ0n) is 25.3. The summed E-state index contributed by atoms with van der Waals surface area (Å²) in [5, 5.41) is 12.5.